The van der Waals surface area contributed by atoms with Crippen molar-refractivity contribution in [2.24, 2.45) is 0 Å². The van der Waals surface area contributed by atoms with Gasteiger partial charge in [-0.25, -0.2) is 4.98 Å². The number of hydrogen-bond donors (Lipinski definition) is 1. The summed E-state index contributed by atoms with van der Waals surface area (Å²) in [5, 5.41) is 9.67. The van der Waals surface area contributed by atoms with Crippen molar-refractivity contribution in [2.45, 2.75) is 13.0 Å². The van der Waals surface area contributed by atoms with Gasteiger partial charge < -0.3 is 14.7 Å². The molecule has 0 fully saturated rings. The highest BCUT2D eigenvalue weighted by atomic mass is 35.5. The number of aromatic nitrogens is 1. The van der Waals surface area contributed by atoms with E-state index in [9.17, 15) is 0 Å². The maximum absolute atomic E-state index is 9.13. The summed E-state index contributed by atoms with van der Waals surface area (Å²) in [5.74, 6) is 1.54. The summed E-state index contributed by atoms with van der Waals surface area (Å²) < 4.78 is 5.73. The number of hydrogen-bond acceptors (Lipinski definition) is 4. The van der Waals surface area contributed by atoms with Crippen LogP contribution >= 0.6 is 11.6 Å². The summed E-state index contributed by atoms with van der Waals surface area (Å²) in [6.07, 6.45) is 2.55. The fourth-order valence-electron chi connectivity index (χ4n) is 2.30. The molecular weight excluding hydrogens is 276 g/mol. The van der Waals surface area contributed by atoms with Crippen molar-refractivity contribution >= 4 is 23.1 Å². The lowest BCUT2D eigenvalue weighted by Crippen LogP contribution is -2.19. The van der Waals surface area contributed by atoms with E-state index in [2.05, 4.69) is 9.88 Å². The first-order valence-corrected chi connectivity index (χ1v) is 6.92. The van der Waals surface area contributed by atoms with Crippen LogP contribution in [0.3, 0.4) is 0 Å². The van der Waals surface area contributed by atoms with Crippen LogP contribution in [0.4, 0.5) is 11.5 Å². The maximum Gasteiger partial charge on any atom is 0.151 e. The van der Waals surface area contributed by atoms with E-state index >= 15 is 0 Å². The van der Waals surface area contributed by atoms with Gasteiger partial charge >= 0.3 is 0 Å². The molecule has 104 valence electrons. The molecule has 1 aromatic heterocycles. The second-order valence-corrected chi connectivity index (χ2v) is 5.04. The number of pyridine rings is 1. The fraction of sp³-hybridized carbons (Fsp3) is 0.267. The average Bonchev–Trinajstić information content (AvgIpc) is 2.69. The van der Waals surface area contributed by atoms with Gasteiger partial charge in [-0.2, -0.15) is 0 Å². The second kappa shape index (κ2) is 5.69. The number of rotatable bonds is 2. The predicted molar refractivity (Wildman–Crippen MR) is 78.7 cm³/mol. The number of fused-ring (bicyclic) bond motifs is 1. The Balaban J connectivity index is 2.05. The summed E-state index contributed by atoms with van der Waals surface area (Å²) in [6, 6.07) is 9.61. The SMILES string of the molecule is OCc1cnc(N2CCCOc3ccccc32)c(Cl)c1. The summed E-state index contributed by atoms with van der Waals surface area (Å²) in [6.45, 7) is 1.41. The first-order valence-electron chi connectivity index (χ1n) is 6.54. The number of ether oxygens (including phenoxy) is 1. The number of nitrogens with zero attached hydrogens (tertiary/aromatic N) is 2. The standard InChI is InChI=1S/C15H15ClN2O2/c16-12-8-11(10-19)9-17-15(12)18-6-3-7-20-14-5-2-1-4-13(14)18/h1-2,4-5,8-9,19H,3,6-7,10H2. The van der Waals surface area contributed by atoms with Gasteiger partial charge in [0.2, 0.25) is 0 Å². The Morgan fingerprint density at radius 3 is 3.00 bits per heavy atom. The molecule has 0 radical (unpaired) electrons. The zero-order valence-electron chi connectivity index (χ0n) is 10.9. The van der Waals surface area contributed by atoms with E-state index in [-0.39, 0.29) is 6.61 Å². The molecule has 1 N–H and O–H groups in total. The van der Waals surface area contributed by atoms with Crippen molar-refractivity contribution in [3.8, 4) is 5.75 Å². The second-order valence-electron chi connectivity index (χ2n) is 4.63. The molecular formula is C15H15ClN2O2. The summed E-state index contributed by atoms with van der Waals surface area (Å²) in [7, 11) is 0. The van der Waals surface area contributed by atoms with E-state index < -0.39 is 0 Å². The van der Waals surface area contributed by atoms with Gasteiger partial charge in [-0.1, -0.05) is 23.7 Å². The van der Waals surface area contributed by atoms with E-state index in [0.717, 1.165) is 24.4 Å². The molecule has 20 heavy (non-hydrogen) atoms. The number of halogens is 1. The van der Waals surface area contributed by atoms with Crippen molar-refractivity contribution in [3.05, 3.63) is 47.1 Å². The molecule has 1 aromatic carbocycles. The smallest absolute Gasteiger partial charge is 0.151 e. The third kappa shape index (κ3) is 2.44. The van der Waals surface area contributed by atoms with E-state index in [1.807, 2.05) is 24.3 Å². The van der Waals surface area contributed by atoms with Crippen molar-refractivity contribution in [3.63, 3.8) is 0 Å². The third-order valence-electron chi connectivity index (χ3n) is 3.26. The summed E-state index contributed by atoms with van der Waals surface area (Å²) >= 11 is 6.31. The number of anilines is 2. The number of benzene rings is 1. The predicted octanol–water partition coefficient (Wildman–Crippen LogP) is 3.15. The Labute approximate surface area is 122 Å². The topological polar surface area (TPSA) is 45.6 Å². The minimum atomic E-state index is -0.0628. The lowest BCUT2D eigenvalue weighted by Gasteiger charge is -2.23. The molecule has 0 spiro atoms. The monoisotopic (exact) mass is 290 g/mol. The van der Waals surface area contributed by atoms with Gasteiger partial charge in [0.15, 0.2) is 5.82 Å². The van der Waals surface area contributed by atoms with Gasteiger partial charge in [-0.05, 0) is 30.2 Å². The summed E-state index contributed by atoms with van der Waals surface area (Å²) in [4.78, 5) is 6.45. The molecule has 3 rings (SSSR count). The third-order valence-corrected chi connectivity index (χ3v) is 3.53. The van der Waals surface area contributed by atoms with Crippen LogP contribution < -0.4 is 9.64 Å². The molecule has 4 nitrogen and oxygen atoms in total. The van der Waals surface area contributed by atoms with Crippen molar-refractivity contribution < 1.29 is 9.84 Å². The Hall–Kier alpha value is -1.78. The first-order chi connectivity index (χ1) is 9.79. The maximum atomic E-state index is 9.13. The van der Waals surface area contributed by atoms with E-state index in [1.54, 1.807) is 12.3 Å². The van der Waals surface area contributed by atoms with Crippen LogP contribution in [0.1, 0.15) is 12.0 Å². The Kier molecular flexibility index (Phi) is 3.76. The van der Waals surface area contributed by atoms with Gasteiger partial charge in [0, 0.05) is 12.7 Å². The van der Waals surface area contributed by atoms with Crippen LogP contribution in [0.2, 0.25) is 5.02 Å². The first kappa shape index (κ1) is 13.2. The van der Waals surface area contributed by atoms with Gasteiger partial charge in [0.25, 0.3) is 0 Å². The minimum absolute atomic E-state index is 0.0628. The molecule has 0 amide bonds. The van der Waals surface area contributed by atoms with Gasteiger partial charge in [0.1, 0.15) is 5.75 Å². The summed E-state index contributed by atoms with van der Waals surface area (Å²) in [5.41, 5.74) is 1.68. The van der Waals surface area contributed by atoms with Gasteiger partial charge in [-0.15, -0.1) is 0 Å². The highest BCUT2D eigenvalue weighted by Crippen LogP contribution is 2.37. The van der Waals surface area contributed by atoms with Gasteiger partial charge in [-0.3, -0.25) is 0 Å². The highest BCUT2D eigenvalue weighted by Gasteiger charge is 2.20. The molecule has 1 aliphatic rings. The minimum Gasteiger partial charge on any atom is -0.491 e. The lowest BCUT2D eigenvalue weighted by atomic mass is 10.2. The normalized spacial score (nSPS) is 14.4. The van der Waals surface area contributed by atoms with Crippen molar-refractivity contribution in [1.82, 2.24) is 4.98 Å². The molecule has 2 aromatic rings. The largest absolute Gasteiger partial charge is 0.491 e. The number of aliphatic hydroxyl groups excluding tert-OH is 1. The van der Waals surface area contributed by atoms with E-state index in [0.29, 0.717) is 23.0 Å². The Morgan fingerprint density at radius 1 is 1.35 bits per heavy atom. The lowest BCUT2D eigenvalue weighted by molar-refractivity contribution is 0.281. The van der Waals surface area contributed by atoms with Crippen molar-refractivity contribution in [2.75, 3.05) is 18.1 Å². The van der Waals surface area contributed by atoms with Crippen LogP contribution in [-0.4, -0.2) is 23.2 Å². The zero-order chi connectivity index (χ0) is 13.9. The molecule has 0 unspecified atom stereocenters. The number of aliphatic hydroxyl groups is 1. The molecule has 5 heteroatoms. The van der Waals surface area contributed by atoms with Crippen molar-refractivity contribution in [1.29, 1.82) is 0 Å². The van der Waals surface area contributed by atoms with Crippen LogP contribution in [0.25, 0.3) is 0 Å². The molecule has 0 saturated carbocycles. The quantitative estimate of drug-likeness (QED) is 0.923. The highest BCUT2D eigenvalue weighted by molar-refractivity contribution is 6.33. The Morgan fingerprint density at radius 2 is 2.20 bits per heavy atom. The van der Waals surface area contributed by atoms with E-state index in [1.165, 1.54) is 0 Å². The molecule has 0 saturated heterocycles. The number of para-hydroxylation sites is 2. The van der Waals surface area contributed by atoms with Crippen LogP contribution in [0.5, 0.6) is 5.75 Å². The molecule has 0 atom stereocenters. The van der Waals surface area contributed by atoms with Gasteiger partial charge in [0.05, 0.1) is 23.9 Å². The molecule has 0 aliphatic carbocycles. The molecule has 2 heterocycles. The molecule has 0 bridgehead atoms. The van der Waals surface area contributed by atoms with E-state index in [4.69, 9.17) is 21.4 Å². The molecule has 1 aliphatic heterocycles. The fourth-order valence-corrected chi connectivity index (χ4v) is 2.59. The average molecular weight is 291 g/mol. The van der Waals surface area contributed by atoms with Crippen LogP contribution in [0, 0.1) is 0 Å². The zero-order valence-corrected chi connectivity index (χ0v) is 11.7. The Bertz CT molecular complexity index is 619. The van der Waals surface area contributed by atoms with Crippen LogP contribution in [0.15, 0.2) is 36.5 Å². The van der Waals surface area contributed by atoms with Crippen LogP contribution in [-0.2, 0) is 6.61 Å².